The summed E-state index contributed by atoms with van der Waals surface area (Å²) >= 11 is 13.3. The van der Waals surface area contributed by atoms with Crippen molar-refractivity contribution in [3.05, 3.63) is 234 Å². The second-order valence-electron chi connectivity index (χ2n) is 17.5. The van der Waals surface area contributed by atoms with Gasteiger partial charge in [-0.3, -0.25) is 19.9 Å². The molecule has 0 aliphatic heterocycles. The molecule has 24 heteroatoms. The molecular weight excluding hydrogens is 1540 g/mol. The van der Waals surface area contributed by atoms with E-state index >= 15 is 0 Å². The van der Waals surface area contributed by atoms with E-state index in [1.165, 1.54) is 46.6 Å². The first-order chi connectivity index (χ1) is 38.9. The minimum Gasteiger partial charge on any atom is -0.309 e. The molecule has 0 unspecified atom stereocenters. The molecule has 8 nitrogen and oxygen atoms in total. The maximum absolute atomic E-state index is 4.31. The van der Waals surface area contributed by atoms with Crippen molar-refractivity contribution in [3.63, 3.8) is 0 Å². The zero-order valence-electron chi connectivity index (χ0n) is 48.3. The number of benzene rings is 8. The molecule has 0 aliphatic carbocycles. The molecule has 0 fully saturated rings. The van der Waals surface area contributed by atoms with Gasteiger partial charge in [-0.25, -0.2) is 0 Å². The van der Waals surface area contributed by atoms with E-state index in [0.717, 1.165) is 78.5 Å². The van der Waals surface area contributed by atoms with E-state index < -0.39 is 0 Å². The summed E-state index contributed by atoms with van der Waals surface area (Å²) in [6.07, 6.45) is 0. The summed E-state index contributed by atoms with van der Waals surface area (Å²) in [6, 6.07) is 60.7. The molecular formula is C64H48N8S8V8-8. The third-order valence-electron chi connectivity index (χ3n) is 11.3. The van der Waals surface area contributed by atoms with Gasteiger partial charge in [-0.1, -0.05) is 79.1 Å². The summed E-state index contributed by atoms with van der Waals surface area (Å²) in [5.41, 5.74) is 27.0. The van der Waals surface area contributed by atoms with Crippen LogP contribution in [0.15, 0.2) is 142 Å². The third kappa shape index (κ3) is 24.5. The predicted octanol–water partition coefficient (Wildman–Crippen LogP) is 19.2. The number of hydrogen-bond acceptors (Lipinski definition) is 16. The van der Waals surface area contributed by atoms with Crippen LogP contribution in [0.25, 0.3) is 81.7 Å². The monoisotopic (exact) mass is 1590 g/mol. The minimum absolute atomic E-state index is 0. The molecule has 440 valence electrons. The van der Waals surface area contributed by atoms with Crippen molar-refractivity contribution in [2.24, 2.45) is 0 Å². The predicted molar refractivity (Wildman–Crippen MR) is 346 cm³/mol. The van der Waals surface area contributed by atoms with E-state index in [1.54, 1.807) is 90.7 Å². The summed E-state index contributed by atoms with van der Waals surface area (Å²) in [4.78, 5) is 33.7. The van der Waals surface area contributed by atoms with Gasteiger partial charge in [0.05, 0.1) is 43.1 Å². The molecule has 8 aromatic carbocycles. The van der Waals surface area contributed by atoms with Crippen molar-refractivity contribution in [1.82, 2.24) is 39.9 Å². The summed E-state index contributed by atoms with van der Waals surface area (Å²) < 4.78 is 9.51. The van der Waals surface area contributed by atoms with Crippen molar-refractivity contribution in [1.29, 1.82) is 0 Å². The Morgan fingerprint density at radius 1 is 0.352 bits per heavy atom. The van der Waals surface area contributed by atoms with Gasteiger partial charge in [-0.05, 0) is 58.0 Å². The molecule has 0 atom stereocenters. The summed E-state index contributed by atoms with van der Waals surface area (Å²) in [5, 5.41) is 2.23. The molecule has 0 bridgehead atoms. The number of hydrogen-bond donors (Lipinski definition) is 0. The molecule has 88 heavy (non-hydrogen) atoms. The fourth-order valence-electron chi connectivity index (χ4n) is 7.44. The second kappa shape index (κ2) is 42.7. The van der Waals surface area contributed by atoms with Crippen LogP contribution in [0, 0.1) is 104 Å². The van der Waals surface area contributed by atoms with Gasteiger partial charge in [0.25, 0.3) is 0 Å². The van der Waals surface area contributed by atoms with Crippen LogP contribution in [0.2, 0.25) is 0 Å². The van der Waals surface area contributed by atoms with Crippen LogP contribution in [0.5, 0.6) is 0 Å². The SMILES string of the molecule is Cc1[c-]c2scnc2cc1.Cc1[c-]cc2scnc2c1.Cc1[c-]ccc2ncsc12.Cc1c[c-]c2scnc2c1.Cc1c[c-]cc2scnc12.Cc1cc[c-]c2scnc12.Cc1nc2cc[c-]cc2s1.Cc1nc2ccc[c-]c2s1.[V].[V].[V].[V].[V].[V].[V].[V]. The molecule has 16 rings (SSSR count). The van der Waals surface area contributed by atoms with Crippen molar-refractivity contribution < 1.29 is 148 Å². The summed E-state index contributed by atoms with van der Waals surface area (Å²) in [6.45, 7) is 16.3. The summed E-state index contributed by atoms with van der Waals surface area (Å²) in [5.74, 6) is 0. The zero-order valence-corrected chi connectivity index (χ0v) is 66.0. The van der Waals surface area contributed by atoms with Gasteiger partial charge in [-0.2, -0.15) is 217 Å². The topological polar surface area (TPSA) is 103 Å². The largest absolute Gasteiger partial charge is 0.309 e. The number of thiazole rings is 8. The number of fused-ring (bicyclic) bond motifs is 8. The molecule has 0 saturated carbocycles. The zero-order chi connectivity index (χ0) is 55.8. The van der Waals surface area contributed by atoms with E-state index in [9.17, 15) is 0 Å². The summed E-state index contributed by atoms with van der Waals surface area (Å²) in [7, 11) is 0. The van der Waals surface area contributed by atoms with E-state index in [-0.39, 0.29) is 148 Å². The minimum atomic E-state index is 0. The average Bonchev–Trinajstić information content (AvgIpc) is 4.09. The van der Waals surface area contributed by atoms with Gasteiger partial charge in [0.2, 0.25) is 0 Å². The van der Waals surface area contributed by atoms with Crippen LogP contribution in [0.3, 0.4) is 0 Å². The van der Waals surface area contributed by atoms with E-state index in [4.69, 9.17) is 0 Å². The Morgan fingerprint density at radius 3 is 1.72 bits per heavy atom. The first-order valence-electron chi connectivity index (χ1n) is 24.7. The van der Waals surface area contributed by atoms with Crippen LogP contribution < -0.4 is 0 Å². The standard InChI is InChI=1S/8C8H6NS.8V/c2*1-6-2-3-8-7(4-6)9-5-10-8;1-6-2-3-7-8(4-6)10-5-9-7;2*1-6-3-2-4-7-8(6)9-5-10-7;1-6-3-2-4-7-8(6)10-5-9-7;2*1-6-9-7-4-2-3-5-8(7)10-6;;;;;;;;/h3-5H,1H3;2,4-5H,1H3;2-3,5H,1H3;3-5H,1H3;2-3,5H,1H3;2*2,4-5H,1H3;2-4H,1H3;;;;;;;;/q8*-1;;;;;;;;. The molecule has 0 aliphatic rings. The number of aryl methyl sites for hydroxylation is 8. The van der Waals surface area contributed by atoms with Crippen molar-refractivity contribution in [2.45, 2.75) is 55.4 Å². The normalized spacial score (nSPS) is 9.55. The number of aromatic nitrogens is 8. The Labute approximate surface area is 641 Å². The van der Waals surface area contributed by atoms with Crippen molar-refractivity contribution >= 4 is 172 Å². The third-order valence-corrected chi connectivity index (χ3v) is 18.0. The number of nitrogens with zero attached hydrogens (tertiary/aromatic N) is 8. The van der Waals surface area contributed by atoms with E-state index in [1.807, 2.05) is 164 Å². The van der Waals surface area contributed by atoms with E-state index in [0.29, 0.717) is 0 Å². The second-order valence-corrected chi connectivity index (χ2v) is 25.1. The molecule has 0 saturated heterocycles. The van der Waals surface area contributed by atoms with Crippen LogP contribution in [-0.2, 0) is 148 Å². The number of rotatable bonds is 0. The first kappa shape index (κ1) is 83.6. The van der Waals surface area contributed by atoms with Crippen LogP contribution >= 0.6 is 90.7 Å². The average molecular weight is 1590 g/mol. The molecule has 0 N–H and O–H groups in total. The molecule has 0 amide bonds. The molecule has 8 aromatic heterocycles. The molecule has 16 aromatic rings. The molecule has 8 radical (unpaired) electrons. The van der Waals surface area contributed by atoms with Gasteiger partial charge in [0.1, 0.15) is 0 Å². The smallest absolute Gasteiger partial charge is 0.0761 e. The van der Waals surface area contributed by atoms with Gasteiger partial charge < -0.3 is 19.9 Å². The molecule has 8 heterocycles. The maximum atomic E-state index is 4.31. The van der Waals surface area contributed by atoms with Gasteiger partial charge in [0.15, 0.2) is 0 Å². The Balaban J connectivity index is 0.000000496. The fourth-order valence-corrected chi connectivity index (χ4v) is 13.2. The van der Waals surface area contributed by atoms with Gasteiger partial charge in [0, 0.05) is 148 Å². The van der Waals surface area contributed by atoms with E-state index in [2.05, 4.69) is 122 Å². The van der Waals surface area contributed by atoms with Crippen LogP contribution in [0.4, 0.5) is 0 Å². The Hall–Kier alpha value is -2.44. The maximum Gasteiger partial charge on any atom is 0.0761 e. The Kier molecular flexibility index (Phi) is 40.6. The van der Waals surface area contributed by atoms with Gasteiger partial charge in [-0.15, -0.1) is 64.4 Å². The Bertz CT molecular complexity index is 4090. The van der Waals surface area contributed by atoms with Crippen LogP contribution in [-0.4, -0.2) is 39.9 Å². The molecule has 0 spiro atoms. The quantitative estimate of drug-likeness (QED) is 0.138. The first-order valence-corrected chi connectivity index (χ1v) is 31.6. The van der Waals surface area contributed by atoms with Gasteiger partial charge >= 0.3 is 0 Å². The van der Waals surface area contributed by atoms with Crippen LogP contribution in [0.1, 0.15) is 43.4 Å². The van der Waals surface area contributed by atoms with Crippen molar-refractivity contribution in [3.8, 4) is 0 Å². The Morgan fingerprint density at radius 2 is 0.966 bits per heavy atom. The van der Waals surface area contributed by atoms with Crippen molar-refractivity contribution in [2.75, 3.05) is 0 Å². The fraction of sp³-hybridized carbons (Fsp3) is 0.125.